The van der Waals surface area contributed by atoms with Crippen molar-refractivity contribution in [3.63, 3.8) is 0 Å². The lowest BCUT2D eigenvalue weighted by molar-refractivity contribution is -0.136. The zero-order valence-corrected chi connectivity index (χ0v) is 5.82. The molecule has 1 nitrogen and oxygen atoms in total. The average molecular weight is 179 g/mol. The molecule has 1 aromatic carbocycles. The quantitative estimate of drug-likeness (QED) is 0.480. The molecule has 0 saturated heterocycles. The molecule has 1 rings (SSSR count). The fourth-order valence-electron chi connectivity index (χ4n) is 0.792. The van der Waals surface area contributed by atoms with Crippen LogP contribution < -0.4 is 5.73 Å². The van der Waals surface area contributed by atoms with Crippen molar-refractivity contribution < 1.29 is 17.6 Å². The van der Waals surface area contributed by atoms with Crippen LogP contribution in [-0.2, 0) is 6.18 Å². The molecule has 0 aromatic heterocycles. The van der Waals surface area contributed by atoms with E-state index in [1.807, 2.05) is 0 Å². The lowest BCUT2D eigenvalue weighted by atomic mass is 10.2. The number of benzene rings is 1. The van der Waals surface area contributed by atoms with Crippen molar-refractivity contribution in [3.8, 4) is 0 Å². The zero-order chi connectivity index (χ0) is 9.35. The number of anilines is 1. The molecule has 0 bridgehead atoms. The number of alkyl halides is 3. The summed E-state index contributed by atoms with van der Waals surface area (Å²) in [5.41, 5.74) is 3.34. The molecule has 0 heterocycles. The molecule has 0 aliphatic heterocycles. The van der Waals surface area contributed by atoms with Crippen LogP contribution in [0.2, 0.25) is 0 Å². The average Bonchev–Trinajstić information content (AvgIpc) is 1.83. The van der Waals surface area contributed by atoms with Gasteiger partial charge in [0, 0.05) is 5.69 Å². The van der Waals surface area contributed by atoms with Gasteiger partial charge >= 0.3 is 6.18 Å². The molecule has 0 aliphatic rings. The summed E-state index contributed by atoms with van der Waals surface area (Å²) in [4.78, 5) is 0. The van der Waals surface area contributed by atoms with Gasteiger partial charge < -0.3 is 5.73 Å². The standard InChI is InChI=1S/C7H5F4N/c8-4-1-2-5(6(12)3-4)7(9,10)11/h1-3H,12H2. The molecule has 5 heteroatoms. The summed E-state index contributed by atoms with van der Waals surface area (Å²) in [7, 11) is 0. The summed E-state index contributed by atoms with van der Waals surface area (Å²) < 4.78 is 48.2. The van der Waals surface area contributed by atoms with Crippen LogP contribution in [0.3, 0.4) is 0 Å². The minimum Gasteiger partial charge on any atom is -0.398 e. The highest BCUT2D eigenvalue weighted by Crippen LogP contribution is 2.33. The van der Waals surface area contributed by atoms with Crippen LogP contribution in [-0.4, -0.2) is 0 Å². The van der Waals surface area contributed by atoms with E-state index in [0.717, 1.165) is 6.07 Å². The van der Waals surface area contributed by atoms with Gasteiger partial charge in [-0.15, -0.1) is 0 Å². The predicted molar refractivity (Wildman–Crippen MR) is 35.8 cm³/mol. The third-order valence-electron chi connectivity index (χ3n) is 1.32. The number of hydrogen-bond acceptors (Lipinski definition) is 1. The lowest BCUT2D eigenvalue weighted by Gasteiger charge is -2.08. The third kappa shape index (κ3) is 1.66. The Hall–Kier alpha value is -1.26. The van der Waals surface area contributed by atoms with Crippen LogP contribution in [0.5, 0.6) is 0 Å². The molecule has 0 fully saturated rings. The Morgan fingerprint density at radius 3 is 2.17 bits per heavy atom. The molecule has 2 N–H and O–H groups in total. The molecule has 0 saturated carbocycles. The maximum atomic E-state index is 12.3. The lowest BCUT2D eigenvalue weighted by Crippen LogP contribution is -2.08. The van der Waals surface area contributed by atoms with E-state index in [-0.39, 0.29) is 0 Å². The largest absolute Gasteiger partial charge is 0.418 e. The fourth-order valence-corrected chi connectivity index (χ4v) is 0.792. The maximum Gasteiger partial charge on any atom is 0.418 e. The number of halogens is 4. The van der Waals surface area contributed by atoms with Crippen LogP contribution >= 0.6 is 0 Å². The molecule has 0 spiro atoms. The van der Waals surface area contributed by atoms with Crippen molar-refractivity contribution in [3.05, 3.63) is 29.6 Å². The van der Waals surface area contributed by atoms with Gasteiger partial charge in [-0.3, -0.25) is 0 Å². The van der Waals surface area contributed by atoms with Gasteiger partial charge in [0.2, 0.25) is 0 Å². The van der Waals surface area contributed by atoms with Crippen molar-refractivity contribution >= 4 is 5.69 Å². The SMILES string of the molecule is Nc1cc(F)ccc1C(F)(F)F. The van der Waals surface area contributed by atoms with Crippen LogP contribution in [0, 0.1) is 5.82 Å². The van der Waals surface area contributed by atoms with Gasteiger partial charge in [-0.1, -0.05) is 0 Å². The number of nitrogens with two attached hydrogens (primary N) is 1. The molecule has 66 valence electrons. The summed E-state index contributed by atoms with van der Waals surface area (Å²) >= 11 is 0. The Balaban J connectivity index is 3.19. The summed E-state index contributed by atoms with van der Waals surface area (Å²) in [6.07, 6.45) is -4.52. The molecule has 0 atom stereocenters. The van der Waals surface area contributed by atoms with Crippen molar-refractivity contribution in [2.45, 2.75) is 6.18 Å². The van der Waals surface area contributed by atoms with E-state index in [1.165, 1.54) is 0 Å². The zero-order valence-electron chi connectivity index (χ0n) is 5.82. The Labute approximate surface area is 65.8 Å². The van der Waals surface area contributed by atoms with Gasteiger partial charge in [-0.25, -0.2) is 4.39 Å². The molecule has 0 amide bonds. The van der Waals surface area contributed by atoms with Crippen LogP contribution in [0.1, 0.15) is 5.56 Å². The Morgan fingerprint density at radius 2 is 1.75 bits per heavy atom. The topological polar surface area (TPSA) is 26.0 Å². The Bertz CT molecular complexity index is 292. The smallest absolute Gasteiger partial charge is 0.398 e. The molecule has 12 heavy (non-hydrogen) atoms. The minimum absolute atomic E-state index is 0.595. The minimum atomic E-state index is -4.52. The normalized spacial score (nSPS) is 11.7. The van der Waals surface area contributed by atoms with Crippen molar-refractivity contribution in [2.24, 2.45) is 0 Å². The van der Waals surface area contributed by atoms with E-state index in [4.69, 9.17) is 5.73 Å². The Kier molecular flexibility index (Phi) is 1.95. The summed E-state index contributed by atoms with van der Waals surface area (Å²) in [6.45, 7) is 0. The summed E-state index contributed by atoms with van der Waals surface area (Å²) in [5, 5.41) is 0. The first-order chi connectivity index (χ1) is 5.41. The van der Waals surface area contributed by atoms with Gasteiger partial charge in [-0.05, 0) is 18.2 Å². The van der Waals surface area contributed by atoms with Crippen LogP contribution in [0.15, 0.2) is 18.2 Å². The van der Waals surface area contributed by atoms with E-state index in [1.54, 1.807) is 0 Å². The van der Waals surface area contributed by atoms with E-state index >= 15 is 0 Å². The monoisotopic (exact) mass is 179 g/mol. The second-order valence-electron chi connectivity index (χ2n) is 2.23. The molecular weight excluding hydrogens is 174 g/mol. The number of nitrogen functional groups attached to an aromatic ring is 1. The second-order valence-corrected chi connectivity index (χ2v) is 2.23. The van der Waals surface area contributed by atoms with Crippen LogP contribution in [0.4, 0.5) is 23.2 Å². The highest BCUT2D eigenvalue weighted by Gasteiger charge is 2.32. The van der Waals surface area contributed by atoms with Crippen molar-refractivity contribution in [1.29, 1.82) is 0 Å². The molecule has 1 aromatic rings. The molecular formula is C7H5F4N. The summed E-state index contributed by atoms with van der Waals surface area (Å²) in [5.74, 6) is -0.777. The first-order valence-electron chi connectivity index (χ1n) is 3.03. The highest BCUT2D eigenvalue weighted by molar-refractivity contribution is 5.48. The Morgan fingerprint density at radius 1 is 1.17 bits per heavy atom. The first kappa shape index (κ1) is 8.83. The van der Waals surface area contributed by atoms with Gasteiger partial charge in [0.25, 0.3) is 0 Å². The highest BCUT2D eigenvalue weighted by atomic mass is 19.4. The molecule has 0 radical (unpaired) electrons. The van der Waals surface area contributed by atoms with E-state index < -0.39 is 23.2 Å². The van der Waals surface area contributed by atoms with Crippen LogP contribution in [0.25, 0.3) is 0 Å². The van der Waals surface area contributed by atoms with Gasteiger partial charge in [0.1, 0.15) is 5.82 Å². The number of rotatable bonds is 0. The summed E-state index contributed by atoms with van der Waals surface area (Å²) in [6, 6.07) is 1.98. The first-order valence-corrected chi connectivity index (χ1v) is 3.03. The van der Waals surface area contributed by atoms with Gasteiger partial charge in [0.05, 0.1) is 5.56 Å². The fraction of sp³-hybridized carbons (Fsp3) is 0.143. The molecule has 0 unspecified atom stereocenters. The third-order valence-corrected chi connectivity index (χ3v) is 1.32. The number of hydrogen-bond donors (Lipinski definition) is 1. The second kappa shape index (κ2) is 2.66. The van der Waals surface area contributed by atoms with E-state index in [0.29, 0.717) is 12.1 Å². The van der Waals surface area contributed by atoms with E-state index in [2.05, 4.69) is 0 Å². The van der Waals surface area contributed by atoms with E-state index in [9.17, 15) is 17.6 Å². The van der Waals surface area contributed by atoms with Gasteiger partial charge in [0.15, 0.2) is 0 Å². The predicted octanol–water partition coefficient (Wildman–Crippen LogP) is 2.43. The maximum absolute atomic E-state index is 12.3. The van der Waals surface area contributed by atoms with Crippen molar-refractivity contribution in [2.75, 3.05) is 5.73 Å². The van der Waals surface area contributed by atoms with Gasteiger partial charge in [-0.2, -0.15) is 13.2 Å². The molecule has 0 aliphatic carbocycles. The van der Waals surface area contributed by atoms with Crippen molar-refractivity contribution in [1.82, 2.24) is 0 Å².